The molecule has 2 aromatic rings. The SMILES string of the molecule is Nc1ccc(O)c2c[n+]([O-])cnc12. The average molecular weight is 177 g/mol. The third-order valence-electron chi connectivity index (χ3n) is 1.78. The molecule has 2 rings (SSSR count). The first-order chi connectivity index (χ1) is 6.18. The van der Waals surface area contributed by atoms with Gasteiger partial charge in [0.2, 0.25) is 5.52 Å². The van der Waals surface area contributed by atoms with E-state index in [0.29, 0.717) is 21.3 Å². The van der Waals surface area contributed by atoms with E-state index < -0.39 is 0 Å². The zero-order valence-corrected chi connectivity index (χ0v) is 6.64. The van der Waals surface area contributed by atoms with Crippen molar-refractivity contribution in [1.82, 2.24) is 4.98 Å². The lowest BCUT2D eigenvalue weighted by atomic mass is 10.2. The van der Waals surface area contributed by atoms with Crippen LogP contribution in [0.25, 0.3) is 10.9 Å². The molecule has 0 spiro atoms. The van der Waals surface area contributed by atoms with Gasteiger partial charge in [-0.25, -0.2) is 4.73 Å². The number of anilines is 1. The highest BCUT2D eigenvalue weighted by Gasteiger charge is 2.09. The average Bonchev–Trinajstić information content (AvgIpc) is 2.12. The van der Waals surface area contributed by atoms with Gasteiger partial charge in [-0.05, 0) is 17.1 Å². The summed E-state index contributed by atoms with van der Waals surface area (Å²) < 4.78 is 0.515. The predicted octanol–water partition coefficient (Wildman–Crippen LogP) is 0.156. The lowest BCUT2D eigenvalue weighted by Crippen LogP contribution is -2.25. The van der Waals surface area contributed by atoms with E-state index in [1.54, 1.807) is 6.07 Å². The van der Waals surface area contributed by atoms with Crippen LogP contribution >= 0.6 is 0 Å². The second-order valence-electron chi connectivity index (χ2n) is 2.67. The molecular formula is C8H7N3O2. The fourth-order valence-corrected chi connectivity index (χ4v) is 1.16. The van der Waals surface area contributed by atoms with Crippen LogP contribution in [0.1, 0.15) is 0 Å². The van der Waals surface area contributed by atoms with E-state index in [-0.39, 0.29) is 5.75 Å². The summed E-state index contributed by atoms with van der Waals surface area (Å²) in [6.45, 7) is 0. The largest absolute Gasteiger partial charge is 0.711 e. The lowest BCUT2D eigenvalue weighted by Gasteiger charge is -2.02. The molecule has 0 aliphatic carbocycles. The first-order valence-electron chi connectivity index (χ1n) is 3.64. The summed E-state index contributed by atoms with van der Waals surface area (Å²) in [5, 5.41) is 20.6. The second-order valence-corrected chi connectivity index (χ2v) is 2.67. The molecule has 0 saturated carbocycles. The molecule has 0 saturated heterocycles. The Balaban J connectivity index is 2.92. The van der Waals surface area contributed by atoms with Crippen molar-refractivity contribution in [1.29, 1.82) is 0 Å². The Morgan fingerprint density at radius 2 is 2.23 bits per heavy atom. The molecule has 0 radical (unpaired) electrons. The van der Waals surface area contributed by atoms with Crippen LogP contribution in [-0.4, -0.2) is 10.1 Å². The van der Waals surface area contributed by atoms with Crippen molar-refractivity contribution in [3.05, 3.63) is 29.9 Å². The van der Waals surface area contributed by atoms with Crippen LogP contribution in [0.2, 0.25) is 0 Å². The van der Waals surface area contributed by atoms with Gasteiger partial charge >= 0.3 is 0 Å². The molecule has 13 heavy (non-hydrogen) atoms. The highest BCUT2D eigenvalue weighted by molar-refractivity contribution is 5.92. The molecule has 5 nitrogen and oxygen atoms in total. The molecule has 1 heterocycles. The molecule has 0 atom stereocenters. The second kappa shape index (κ2) is 2.48. The number of phenols is 1. The van der Waals surface area contributed by atoms with Crippen LogP contribution in [0.5, 0.6) is 5.75 Å². The van der Waals surface area contributed by atoms with Gasteiger partial charge in [0.05, 0.1) is 5.69 Å². The first kappa shape index (κ1) is 7.60. The molecule has 0 bridgehead atoms. The van der Waals surface area contributed by atoms with Gasteiger partial charge in [-0.3, -0.25) is 0 Å². The number of nitrogens with two attached hydrogens (primary N) is 1. The van der Waals surface area contributed by atoms with Gasteiger partial charge in [-0.1, -0.05) is 0 Å². The fourth-order valence-electron chi connectivity index (χ4n) is 1.16. The Bertz CT molecular complexity index is 470. The maximum atomic E-state index is 10.8. The van der Waals surface area contributed by atoms with Gasteiger partial charge < -0.3 is 16.0 Å². The number of fused-ring (bicyclic) bond motifs is 1. The molecule has 0 fully saturated rings. The monoisotopic (exact) mass is 177 g/mol. The molecule has 0 aliphatic heterocycles. The van der Waals surface area contributed by atoms with Crippen LogP contribution in [0.15, 0.2) is 24.7 Å². The molecule has 0 aliphatic rings. The summed E-state index contributed by atoms with van der Waals surface area (Å²) >= 11 is 0. The normalized spacial score (nSPS) is 10.5. The van der Waals surface area contributed by atoms with E-state index in [0.717, 1.165) is 6.33 Å². The Hall–Kier alpha value is -2.04. The number of phenolic OH excluding ortho intramolecular Hbond substituents is 1. The lowest BCUT2D eigenvalue weighted by molar-refractivity contribution is -0.607. The molecule has 1 aromatic heterocycles. The minimum Gasteiger partial charge on any atom is -0.711 e. The van der Waals surface area contributed by atoms with Crippen molar-refractivity contribution in [2.75, 3.05) is 5.73 Å². The highest BCUT2D eigenvalue weighted by atomic mass is 16.5. The zero-order chi connectivity index (χ0) is 9.42. The summed E-state index contributed by atoms with van der Waals surface area (Å²) in [5.41, 5.74) is 6.47. The summed E-state index contributed by atoms with van der Waals surface area (Å²) in [5.74, 6) is 0.00176. The number of hydrogen-bond acceptors (Lipinski definition) is 4. The van der Waals surface area contributed by atoms with Crippen molar-refractivity contribution in [2.24, 2.45) is 0 Å². The predicted molar refractivity (Wildman–Crippen MR) is 46.8 cm³/mol. The smallest absolute Gasteiger partial charge is 0.289 e. The topological polar surface area (TPSA) is 86.1 Å². The van der Waals surface area contributed by atoms with Crippen LogP contribution in [0.3, 0.4) is 0 Å². The quantitative estimate of drug-likeness (QED) is 0.259. The molecule has 0 unspecified atom stereocenters. The third kappa shape index (κ3) is 1.10. The first-order valence-corrected chi connectivity index (χ1v) is 3.64. The van der Waals surface area contributed by atoms with E-state index in [4.69, 9.17) is 5.73 Å². The minimum absolute atomic E-state index is 0.00176. The molecule has 5 heteroatoms. The fraction of sp³-hybridized carbons (Fsp3) is 0. The van der Waals surface area contributed by atoms with Crippen molar-refractivity contribution in [2.45, 2.75) is 0 Å². The van der Waals surface area contributed by atoms with Crippen molar-refractivity contribution in [3.63, 3.8) is 0 Å². The maximum absolute atomic E-state index is 10.8. The van der Waals surface area contributed by atoms with Crippen molar-refractivity contribution < 1.29 is 9.84 Å². The van der Waals surface area contributed by atoms with E-state index in [1.165, 1.54) is 12.3 Å². The van der Waals surface area contributed by atoms with E-state index in [9.17, 15) is 10.3 Å². The Morgan fingerprint density at radius 1 is 1.46 bits per heavy atom. The Morgan fingerprint density at radius 3 is 3.00 bits per heavy atom. The summed E-state index contributed by atoms with van der Waals surface area (Å²) in [4.78, 5) is 3.81. The van der Waals surface area contributed by atoms with Gasteiger partial charge in [0.15, 0.2) is 0 Å². The van der Waals surface area contributed by atoms with Crippen LogP contribution in [0, 0.1) is 5.21 Å². The Kier molecular flexibility index (Phi) is 1.45. The number of rotatable bonds is 0. The standard InChI is InChI=1S/C8H7N3O2/c9-6-1-2-7(12)5-3-11(13)4-10-8(5)6/h1-4,12H,9H2. The van der Waals surface area contributed by atoms with Gasteiger partial charge in [0.25, 0.3) is 6.33 Å². The van der Waals surface area contributed by atoms with E-state index in [1.807, 2.05) is 0 Å². The van der Waals surface area contributed by atoms with Gasteiger partial charge in [0, 0.05) is 0 Å². The van der Waals surface area contributed by atoms with Gasteiger partial charge in [-0.15, -0.1) is 0 Å². The summed E-state index contributed by atoms with van der Waals surface area (Å²) in [6.07, 6.45) is 2.33. The molecule has 0 amide bonds. The molecule has 1 aromatic carbocycles. The molecule has 66 valence electrons. The number of nitrogen functional groups attached to an aromatic ring is 1. The summed E-state index contributed by atoms with van der Waals surface area (Å²) in [6, 6.07) is 2.97. The van der Waals surface area contributed by atoms with Crippen molar-refractivity contribution in [3.8, 4) is 5.75 Å². The number of nitrogens with zero attached hydrogens (tertiary/aromatic N) is 2. The molecule has 3 N–H and O–H groups in total. The van der Waals surface area contributed by atoms with E-state index >= 15 is 0 Å². The Labute approximate surface area is 73.6 Å². The number of aromatic hydroxyl groups is 1. The zero-order valence-electron chi connectivity index (χ0n) is 6.64. The van der Waals surface area contributed by atoms with Gasteiger partial charge in [0.1, 0.15) is 17.3 Å². The van der Waals surface area contributed by atoms with Crippen LogP contribution in [0.4, 0.5) is 5.69 Å². The third-order valence-corrected chi connectivity index (χ3v) is 1.78. The number of hydrogen-bond donors (Lipinski definition) is 2. The summed E-state index contributed by atoms with van der Waals surface area (Å²) in [7, 11) is 0. The van der Waals surface area contributed by atoms with Crippen LogP contribution < -0.4 is 10.5 Å². The minimum atomic E-state index is 0.00176. The molecular weight excluding hydrogens is 170 g/mol. The maximum Gasteiger partial charge on any atom is 0.289 e. The van der Waals surface area contributed by atoms with Crippen molar-refractivity contribution >= 4 is 16.6 Å². The van der Waals surface area contributed by atoms with Gasteiger partial charge in [-0.2, -0.15) is 0 Å². The highest BCUT2D eigenvalue weighted by Crippen LogP contribution is 2.25. The number of aromatic nitrogens is 2. The van der Waals surface area contributed by atoms with E-state index in [2.05, 4.69) is 4.98 Å². The van der Waals surface area contributed by atoms with Crippen LogP contribution in [-0.2, 0) is 0 Å². The number of benzene rings is 1.